The molecule has 0 aromatic heterocycles. The number of rotatable bonds is 1. The number of anilines is 2. The fourth-order valence-electron chi connectivity index (χ4n) is 1.70. The van der Waals surface area contributed by atoms with Crippen LogP contribution < -0.4 is 16.0 Å². The van der Waals surface area contributed by atoms with E-state index in [4.69, 9.17) is 5.73 Å². The zero-order chi connectivity index (χ0) is 9.97. The number of nitrogens with two attached hydrogens (primary N) is 1. The number of hydrogen-bond acceptors (Lipinski definition) is 4. The molecule has 0 bridgehead atoms. The minimum atomic E-state index is 0.307. The van der Waals surface area contributed by atoms with Crippen molar-refractivity contribution >= 4 is 11.4 Å². The van der Waals surface area contributed by atoms with Gasteiger partial charge in [-0.15, -0.1) is 0 Å². The summed E-state index contributed by atoms with van der Waals surface area (Å²) >= 11 is 0. The van der Waals surface area contributed by atoms with Crippen molar-refractivity contribution in [2.45, 2.75) is 0 Å². The van der Waals surface area contributed by atoms with Gasteiger partial charge in [-0.25, -0.2) is 0 Å². The highest BCUT2D eigenvalue weighted by molar-refractivity contribution is 5.64. The van der Waals surface area contributed by atoms with E-state index >= 15 is 0 Å². The molecule has 0 spiro atoms. The Morgan fingerprint density at radius 3 is 2.71 bits per heavy atom. The van der Waals surface area contributed by atoms with Gasteiger partial charge < -0.3 is 21.1 Å². The van der Waals surface area contributed by atoms with Gasteiger partial charge >= 0.3 is 0 Å². The lowest BCUT2D eigenvalue weighted by molar-refractivity contribution is 0.470. The van der Waals surface area contributed by atoms with Crippen molar-refractivity contribution in [2.24, 2.45) is 0 Å². The van der Waals surface area contributed by atoms with Crippen molar-refractivity contribution in [1.29, 1.82) is 0 Å². The SMILES string of the molecule is Nc1ccc(O)c(N2CCNCC2)c1. The van der Waals surface area contributed by atoms with Crippen LogP contribution in [0.15, 0.2) is 18.2 Å². The summed E-state index contributed by atoms with van der Waals surface area (Å²) in [6.45, 7) is 3.73. The summed E-state index contributed by atoms with van der Waals surface area (Å²) in [5, 5.41) is 12.9. The van der Waals surface area contributed by atoms with Crippen LogP contribution in [0.25, 0.3) is 0 Å². The van der Waals surface area contributed by atoms with Gasteiger partial charge in [0.2, 0.25) is 0 Å². The molecule has 0 radical (unpaired) electrons. The molecular formula is C10H15N3O. The first-order valence-electron chi connectivity index (χ1n) is 4.81. The largest absolute Gasteiger partial charge is 0.506 e. The lowest BCUT2D eigenvalue weighted by Gasteiger charge is -2.30. The lowest BCUT2D eigenvalue weighted by atomic mass is 10.2. The van der Waals surface area contributed by atoms with E-state index in [0.29, 0.717) is 11.4 Å². The van der Waals surface area contributed by atoms with Crippen LogP contribution in [-0.4, -0.2) is 31.3 Å². The Kier molecular flexibility index (Phi) is 2.45. The Hall–Kier alpha value is -1.42. The number of benzene rings is 1. The van der Waals surface area contributed by atoms with E-state index in [1.807, 2.05) is 6.07 Å². The summed E-state index contributed by atoms with van der Waals surface area (Å²) in [6, 6.07) is 5.17. The van der Waals surface area contributed by atoms with Crippen molar-refractivity contribution in [1.82, 2.24) is 5.32 Å². The molecule has 1 aromatic rings. The Labute approximate surface area is 83.3 Å². The normalized spacial score (nSPS) is 17.0. The number of hydrogen-bond donors (Lipinski definition) is 3. The quantitative estimate of drug-likeness (QED) is 0.446. The van der Waals surface area contributed by atoms with Crippen molar-refractivity contribution < 1.29 is 5.11 Å². The molecule has 1 aliphatic rings. The molecule has 0 amide bonds. The third-order valence-corrected chi connectivity index (χ3v) is 2.46. The van der Waals surface area contributed by atoms with Gasteiger partial charge in [0, 0.05) is 31.9 Å². The van der Waals surface area contributed by atoms with Gasteiger partial charge in [-0.3, -0.25) is 0 Å². The maximum Gasteiger partial charge on any atom is 0.139 e. The molecule has 4 N–H and O–H groups in total. The Morgan fingerprint density at radius 2 is 2.00 bits per heavy atom. The molecule has 0 aliphatic carbocycles. The first-order chi connectivity index (χ1) is 6.77. The van der Waals surface area contributed by atoms with Crippen LogP contribution in [-0.2, 0) is 0 Å². The molecule has 76 valence electrons. The lowest BCUT2D eigenvalue weighted by Crippen LogP contribution is -2.43. The van der Waals surface area contributed by atoms with Crippen LogP contribution in [0.1, 0.15) is 0 Å². The maximum atomic E-state index is 9.67. The zero-order valence-electron chi connectivity index (χ0n) is 8.03. The predicted molar refractivity (Wildman–Crippen MR) is 57.6 cm³/mol. The van der Waals surface area contributed by atoms with Crippen LogP contribution >= 0.6 is 0 Å². The van der Waals surface area contributed by atoms with Crippen LogP contribution in [0.4, 0.5) is 11.4 Å². The van der Waals surface area contributed by atoms with E-state index in [0.717, 1.165) is 31.9 Å². The van der Waals surface area contributed by atoms with Gasteiger partial charge in [0.05, 0.1) is 5.69 Å². The highest BCUT2D eigenvalue weighted by atomic mass is 16.3. The second kappa shape index (κ2) is 3.75. The van der Waals surface area contributed by atoms with E-state index in [2.05, 4.69) is 10.2 Å². The molecule has 1 fully saturated rings. The molecule has 1 heterocycles. The van der Waals surface area contributed by atoms with E-state index in [9.17, 15) is 5.11 Å². The standard InChI is InChI=1S/C10H15N3O/c11-8-1-2-10(14)9(7-8)13-5-3-12-4-6-13/h1-2,7,12,14H,3-6,11H2. The van der Waals surface area contributed by atoms with Crippen LogP contribution in [0, 0.1) is 0 Å². The monoisotopic (exact) mass is 193 g/mol. The summed E-state index contributed by atoms with van der Waals surface area (Å²) in [6.07, 6.45) is 0. The maximum absolute atomic E-state index is 9.67. The third-order valence-electron chi connectivity index (χ3n) is 2.46. The van der Waals surface area contributed by atoms with E-state index in [1.165, 1.54) is 0 Å². The van der Waals surface area contributed by atoms with E-state index in [1.54, 1.807) is 12.1 Å². The van der Waals surface area contributed by atoms with E-state index < -0.39 is 0 Å². The van der Waals surface area contributed by atoms with Crippen LogP contribution in [0.5, 0.6) is 5.75 Å². The number of nitrogens with one attached hydrogen (secondary N) is 1. The molecule has 0 saturated carbocycles. The summed E-state index contributed by atoms with van der Waals surface area (Å²) in [5.41, 5.74) is 7.21. The fourth-order valence-corrected chi connectivity index (χ4v) is 1.70. The van der Waals surface area contributed by atoms with Crippen molar-refractivity contribution in [3.05, 3.63) is 18.2 Å². The molecule has 4 nitrogen and oxygen atoms in total. The first-order valence-corrected chi connectivity index (χ1v) is 4.81. The van der Waals surface area contributed by atoms with Gasteiger partial charge in [0.1, 0.15) is 5.75 Å². The molecule has 4 heteroatoms. The number of phenols is 1. The highest BCUT2D eigenvalue weighted by Crippen LogP contribution is 2.29. The van der Waals surface area contributed by atoms with Gasteiger partial charge in [-0.1, -0.05) is 0 Å². The molecular weight excluding hydrogens is 178 g/mol. The molecule has 0 unspecified atom stereocenters. The Balaban J connectivity index is 2.24. The minimum absolute atomic E-state index is 0.307. The van der Waals surface area contributed by atoms with Gasteiger partial charge in [-0.2, -0.15) is 0 Å². The van der Waals surface area contributed by atoms with E-state index in [-0.39, 0.29) is 0 Å². The number of aromatic hydroxyl groups is 1. The predicted octanol–water partition coefficient (Wildman–Crippen LogP) is 0.384. The smallest absolute Gasteiger partial charge is 0.139 e. The summed E-state index contributed by atoms with van der Waals surface area (Å²) in [5.74, 6) is 0.307. The van der Waals surface area contributed by atoms with Gasteiger partial charge in [0.15, 0.2) is 0 Å². The fraction of sp³-hybridized carbons (Fsp3) is 0.400. The molecule has 1 aliphatic heterocycles. The molecule has 14 heavy (non-hydrogen) atoms. The molecule has 1 saturated heterocycles. The van der Waals surface area contributed by atoms with Crippen molar-refractivity contribution in [2.75, 3.05) is 36.8 Å². The number of nitrogens with zero attached hydrogens (tertiary/aromatic N) is 1. The van der Waals surface area contributed by atoms with Gasteiger partial charge in [-0.05, 0) is 18.2 Å². The second-order valence-electron chi connectivity index (χ2n) is 3.49. The number of phenolic OH excluding ortho intramolecular Hbond substituents is 1. The van der Waals surface area contributed by atoms with Crippen LogP contribution in [0.3, 0.4) is 0 Å². The summed E-state index contributed by atoms with van der Waals surface area (Å²) in [4.78, 5) is 2.14. The molecule has 2 rings (SSSR count). The zero-order valence-corrected chi connectivity index (χ0v) is 8.03. The minimum Gasteiger partial charge on any atom is -0.506 e. The third kappa shape index (κ3) is 1.75. The second-order valence-corrected chi connectivity index (χ2v) is 3.49. The Bertz CT molecular complexity index is 321. The van der Waals surface area contributed by atoms with Crippen molar-refractivity contribution in [3.63, 3.8) is 0 Å². The average molecular weight is 193 g/mol. The Morgan fingerprint density at radius 1 is 1.29 bits per heavy atom. The summed E-state index contributed by atoms with van der Waals surface area (Å²) in [7, 11) is 0. The van der Waals surface area contributed by atoms with Crippen molar-refractivity contribution in [3.8, 4) is 5.75 Å². The number of nitrogen functional groups attached to an aromatic ring is 1. The number of piperazine rings is 1. The summed E-state index contributed by atoms with van der Waals surface area (Å²) < 4.78 is 0. The average Bonchev–Trinajstić information content (AvgIpc) is 2.23. The van der Waals surface area contributed by atoms with Crippen LogP contribution in [0.2, 0.25) is 0 Å². The molecule has 1 aromatic carbocycles. The van der Waals surface area contributed by atoms with Gasteiger partial charge in [0.25, 0.3) is 0 Å². The topological polar surface area (TPSA) is 61.5 Å². The highest BCUT2D eigenvalue weighted by Gasteiger charge is 2.13. The molecule has 0 atom stereocenters. The first kappa shape index (κ1) is 9.15.